The molecule has 0 bridgehead atoms. The highest BCUT2D eigenvalue weighted by Crippen LogP contribution is 2.36. The minimum Gasteiger partial charge on any atom is -0.496 e. The van der Waals surface area contributed by atoms with E-state index in [4.69, 9.17) is 19.7 Å². The molecule has 1 aromatic heterocycles. The number of anilines is 1. The van der Waals surface area contributed by atoms with Gasteiger partial charge in [-0.2, -0.15) is 5.26 Å². The van der Waals surface area contributed by atoms with Crippen molar-refractivity contribution in [1.29, 1.82) is 5.26 Å². The molecule has 4 aromatic rings. The summed E-state index contributed by atoms with van der Waals surface area (Å²) in [4.78, 5) is 18.3. The van der Waals surface area contributed by atoms with Crippen LogP contribution in [0.2, 0.25) is 0 Å². The molecule has 0 unspecified atom stereocenters. The van der Waals surface area contributed by atoms with Crippen LogP contribution in [0.3, 0.4) is 0 Å². The summed E-state index contributed by atoms with van der Waals surface area (Å²) in [5.74, 6) is 0.475. The molecular formula is C30H27N3O4S. The van der Waals surface area contributed by atoms with Crippen LogP contribution in [-0.4, -0.2) is 36.3 Å². The predicted octanol–water partition coefficient (Wildman–Crippen LogP) is 6.24. The average molecular weight is 526 g/mol. The van der Waals surface area contributed by atoms with Gasteiger partial charge in [-0.25, -0.2) is 4.98 Å². The molecule has 192 valence electrons. The summed E-state index contributed by atoms with van der Waals surface area (Å²) in [6.07, 6.45) is 1.27. The first-order valence-corrected chi connectivity index (χ1v) is 13.3. The number of nitriles is 1. The molecule has 0 saturated carbocycles. The fourth-order valence-electron chi connectivity index (χ4n) is 4.59. The van der Waals surface area contributed by atoms with Crippen LogP contribution in [0.5, 0.6) is 11.5 Å². The lowest BCUT2D eigenvalue weighted by Gasteiger charge is -2.29. The van der Waals surface area contributed by atoms with Crippen LogP contribution in [0.4, 0.5) is 5.13 Å². The summed E-state index contributed by atoms with van der Waals surface area (Å²) < 4.78 is 11.9. The number of para-hydroxylation sites is 1. The molecule has 0 radical (unpaired) electrons. The SMILES string of the molecule is COc1cc(-c2ccc(C#N)cc2)ccc1COc1ccccc1-c1csc(N2CCC(C(=O)O)CC2)n1. The number of carboxylic acid groups (broad SMARTS) is 1. The van der Waals surface area contributed by atoms with E-state index in [0.717, 1.165) is 44.6 Å². The average Bonchev–Trinajstić information content (AvgIpc) is 3.46. The van der Waals surface area contributed by atoms with Crippen molar-refractivity contribution in [1.82, 2.24) is 4.98 Å². The first-order chi connectivity index (χ1) is 18.6. The van der Waals surface area contributed by atoms with Gasteiger partial charge in [-0.1, -0.05) is 36.4 Å². The Bertz CT molecular complexity index is 1470. The minimum atomic E-state index is -0.712. The molecule has 0 spiro atoms. The van der Waals surface area contributed by atoms with Gasteiger partial charge in [-0.05, 0) is 54.3 Å². The van der Waals surface area contributed by atoms with Gasteiger partial charge in [0.25, 0.3) is 0 Å². The Kier molecular flexibility index (Phi) is 7.57. The summed E-state index contributed by atoms with van der Waals surface area (Å²) in [6.45, 7) is 1.72. The summed E-state index contributed by atoms with van der Waals surface area (Å²) in [5.41, 5.74) is 5.29. The third kappa shape index (κ3) is 5.48. The molecule has 3 aromatic carbocycles. The zero-order valence-electron chi connectivity index (χ0n) is 21.0. The molecule has 2 heterocycles. The zero-order valence-corrected chi connectivity index (χ0v) is 21.8. The van der Waals surface area contributed by atoms with Crippen LogP contribution in [0.25, 0.3) is 22.4 Å². The molecule has 1 aliphatic rings. The second kappa shape index (κ2) is 11.4. The highest BCUT2D eigenvalue weighted by molar-refractivity contribution is 7.14. The van der Waals surface area contributed by atoms with Crippen LogP contribution in [0.15, 0.2) is 72.1 Å². The minimum absolute atomic E-state index is 0.269. The number of hydrogen-bond acceptors (Lipinski definition) is 7. The number of benzene rings is 3. The number of ether oxygens (including phenoxy) is 2. The number of piperidine rings is 1. The van der Waals surface area contributed by atoms with Gasteiger partial charge in [0.15, 0.2) is 5.13 Å². The van der Waals surface area contributed by atoms with Gasteiger partial charge >= 0.3 is 5.97 Å². The van der Waals surface area contributed by atoms with Crippen molar-refractivity contribution in [2.75, 3.05) is 25.1 Å². The fraction of sp³-hybridized carbons (Fsp3) is 0.233. The normalized spacial score (nSPS) is 13.6. The van der Waals surface area contributed by atoms with Gasteiger partial charge in [0.2, 0.25) is 0 Å². The Morgan fingerprint density at radius 2 is 1.82 bits per heavy atom. The van der Waals surface area contributed by atoms with Crippen LogP contribution in [0.1, 0.15) is 24.0 Å². The predicted molar refractivity (Wildman–Crippen MR) is 148 cm³/mol. The van der Waals surface area contributed by atoms with E-state index in [0.29, 0.717) is 38.1 Å². The largest absolute Gasteiger partial charge is 0.496 e. The Labute approximate surface area is 225 Å². The van der Waals surface area contributed by atoms with E-state index in [1.165, 1.54) is 0 Å². The number of carboxylic acids is 1. The van der Waals surface area contributed by atoms with Gasteiger partial charge in [0, 0.05) is 29.6 Å². The molecule has 0 amide bonds. The van der Waals surface area contributed by atoms with Crippen molar-refractivity contribution >= 4 is 22.4 Å². The number of hydrogen-bond donors (Lipinski definition) is 1. The zero-order chi connectivity index (χ0) is 26.5. The molecule has 1 N–H and O–H groups in total. The summed E-state index contributed by atoms with van der Waals surface area (Å²) in [7, 11) is 1.64. The smallest absolute Gasteiger partial charge is 0.306 e. The molecule has 0 atom stereocenters. The van der Waals surface area contributed by atoms with Crippen LogP contribution in [0, 0.1) is 17.2 Å². The number of carbonyl (C=O) groups is 1. The van der Waals surface area contributed by atoms with Crippen LogP contribution < -0.4 is 14.4 Å². The first-order valence-electron chi connectivity index (χ1n) is 12.4. The maximum atomic E-state index is 11.3. The fourth-order valence-corrected chi connectivity index (χ4v) is 5.47. The Morgan fingerprint density at radius 1 is 1.08 bits per heavy atom. The van der Waals surface area contributed by atoms with E-state index in [-0.39, 0.29) is 5.92 Å². The molecule has 5 rings (SSSR count). The van der Waals surface area contributed by atoms with Crippen molar-refractivity contribution < 1.29 is 19.4 Å². The Balaban J connectivity index is 1.30. The third-order valence-electron chi connectivity index (χ3n) is 6.79. The van der Waals surface area contributed by atoms with Gasteiger partial charge in [-0.15, -0.1) is 11.3 Å². The number of nitrogens with zero attached hydrogens (tertiary/aromatic N) is 3. The highest BCUT2D eigenvalue weighted by Gasteiger charge is 2.26. The lowest BCUT2D eigenvalue weighted by Crippen LogP contribution is -2.36. The molecule has 7 nitrogen and oxygen atoms in total. The second-order valence-electron chi connectivity index (χ2n) is 9.12. The highest BCUT2D eigenvalue weighted by atomic mass is 32.1. The van der Waals surface area contributed by atoms with Gasteiger partial charge in [-0.3, -0.25) is 4.79 Å². The summed E-state index contributed by atoms with van der Waals surface area (Å²) >= 11 is 1.57. The first kappa shape index (κ1) is 25.3. The maximum absolute atomic E-state index is 11.3. The molecule has 1 fully saturated rings. The number of rotatable bonds is 8. The van der Waals surface area contributed by atoms with Crippen molar-refractivity contribution in [3.63, 3.8) is 0 Å². The van der Waals surface area contributed by atoms with Crippen molar-refractivity contribution in [3.05, 3.63) is 83.2 Å². The van der Waals surface area contributed by atoms with Crippen molar-refractivity contribution in [2.24, 2.45) is 5.92 Å². The maximum Gasteiger partial charge on any atom is 0.306 e. The number of thiazole rings is 1. The molecule has 0 aliphatic carbocycles. The van der Waals surface area contributed by atoms with Gasteiger partial charge in [0.05, 0.1) is 30.4 Å². The van der Waals surface area contributed by atoms with Crippen molar-refractivity contribution in [3.8, 4) is 40.0 Å². The Morgan fingerprint density at radius 3 is 2.53 bits per heavy atom. The standard InChI is InChI=1S/C30H27N3O4S/c1-36-28-16-23(21-8-6-20(17-31)7-9-21)10-11-24(28)18-37-27-5-3-2-4-25(27)26-19-38-30(32-26)33-14-12-22(13-15-33)29(34)35/h2-11,16,19,22H,12-15,18H2,1H3,(H,34,35). The molecule has 1 saturated heterocycles. The lowest BCUT2D eigenvalue weighted by atomic mass is 9.97. The number of aliphatic carboxylic acids is 1. The molecule has 1 aliphatic heterocycles. The lowest BCUT2D eigenvalue weighted by molar-refractivity contribution is -0.142. The second-order valence-corrected chi connectivity index (χ2v) is 9.95. The molecular weight excluding hydrogens is 498 g/mol. The van der Waals surface area contributed by atoms with E-state index in [1.807, 2.05) is 60.0 Å². The van der Waals surface area contributed by atoms with Crippen LogP contribution >= 0.6 is 11.3 Å². The number of methoxy groups -OCH3 is 1. The van der Waals surface area contributed by atoms with Gasteiger partial charge < -0.3 is 19.5 Å². The molecule has 8 heteroatoms. The Hall–Kier alpha value is -4.35. The van der Waals surface area contributed by atoms with E-state index in [2.05, 4.69) is 11.0 Å². The van der Waals surface area contributed by atoms with E-state index < -0.39 is 5.97 Å². The topological polar surface area (TPSA) is 95.7 Å². The van der Waals surface area contributed by atoms with Gasteiger partial charge in [0.1, 0.15) is 18.1 Å². The number of aromatic nitrogens is 1. The van der Waals surface area contributed by atoms with Crippen molar-refractivity contribution in [2.45, 2.75) is 19.4 Å². The third-order valence-corrected chi connectivity index (χ3v) is 7.69. The molecule has 38 heavy (non-hydrogen) atoms. The summed E-state index contributed by atoms with van der Waals surface area (Å²) in [6, 6.07) is 23.4. The van der Waals surface area contributed by atoms with E-state index in [1.54, 1.807) is 30.6 Å². The summed E-state index contributed by atoms with van der Waals surface area (Å²) in [5, 5.41) is 21.2. The van der Waals surface area contributed by atoms with E-state index in [9.17, 15) is 9.90 Å². The monoisotopic (exact) mass is 525 g/mol. The van der Waals surface area contributed by atoms with Crippen LogP contribution in [-0.2, 0) is 11.4 Å². The quantitative estimate of drug-likeness (QED) is 0.291. The van der Waals surface area contributed by atoms with E-state index >= 15 is 0 Å².